The van der Waals surface area contributed by atoms with E-state index in [1.165, 1.54) is 38.5 Å². The number of amides is 2. The van der Waals surface area contributed by atoms with E-state index in [0.29, 0.717) is 30.3 Å². The summed E-state index contributed by atoms with van der Waals surface area (Å²) in [6.07, 6.45) is 14.3. The van der Waals surface area contributed by atoms with Crippen molar-refractivity contribution in [3.8, 4) is 0 Å². The number of hydrogen-bond acceptors (Lipinski definition) is 2. The van der Waals surface area contributed by atoms with E-state index in [9.17, 15) is 9.59 Å². The van der Waals surface area contributed by atoms with Crippen LogP contribution in [-0.4, -0.2) is 35.3 Å². The molecular formula is C21H36N2O2. The zero-order valence-corrected chi connectivity index (χ0v) is 16.0. The van der Waals surface area contributed by atoms with Crippen LogP contribution in [0.25, 0.3) is 0 Å². The fraction of sp³-hybridized carbons (Fsp3) is 0.905. The van der Waals surface area contributed by atoms with Crippen molar-refractivity contribution in [1.29, 1.82) is 0 Å². The topological polar surface area (TPSA) is 49.4 Å². The highest BCUT2D eigenvalue weighted by molar-refractivity contribution is 5.79. The molecule has 1 N–H and O–H groups in total. The lowest BCUT2D eigenvalue weighted by atomic mass is 9.84. The Morgan fingerprint density at radius 1 is 0.920 bits per heavy atom. The highest BCUT2D eigenvalue weighted by Gasteiger charge is 2.33. The van der Waals surface area contributed by atoms with Gasteiger partial charge in [0, 0.05) is 31.0 Å². The molecule has 1 saturated heterocycles. The first-order chi connectivity index (χ1) is 12.2. The predicted octanol–water partition coefficient (Wildman–Crippen LogP) is 4.03. The summed E-state index contributed by atoms with van der Waals surface area (Å²) in [6, 6.07) is 0.756. The average molecular weight is 349 g/mol. The Balaban J connectivity index is 1.41. The first-order valence-electron chi connectivity index (χ1n) is 10.8. The zero-order chi connectivity index (χ0) is 17.6. The molecule has 4 heteroatoms. The van der Waals surface area contributed by atoms with Gasteiger partial charge in [0.2, 0.25) is 11.8 Å². The van der Waals surface area contributed by atoms with Crippen LogP contribution in [0.4, 0.5) is 0 Å². The SMILES string of the molecule is CC[C@@H]1CCCCN1C(=O)C1CCC(NC(=O)CC2CCCC2)CC1. The van der Waals surface area contributed by atoms with Crippen molar-refractivity contribution in [2.24, 2.45) is 11.8 Å². The normalized spacial score (nSPS) is 31.1. The van der Waals surface area contributed by atoms with Gasteiger partial charge in [0.05, 0.1) is 0 Å². The molecule has 4 nitrogen and oxygen atoms in total. The largest absolute Gasteiger partial charge is 0.353 e. The molecule has 0 radical (unpaired) electrons. The van der Waals surface area contributed by atoms with Crippen molar-refractivity contribution < 1.29 is 9.59 Å². The average Bonchev–Trinajstić information content (AvgIpc) is 3.14. The minimum absolute atomic E-state index is 0.190. The maximum atomic E-state index is 12.9. The van der Waals surface area contributed by atoms with E-state index in [4.69, 9.17) is 0 Å². The fourth-order valence-corrected chi connectivity index (χ4v) is 5.20. The molecule has 1 aliphatic heterocycles. The molecule has 0 aromatic rings. The number of nitrogens with zero attached hydrogens (tertiary/aromatic N) is 1. The first kappa shape index (κ1) is 18.7. The summed E-state index contributed by atoms with van der Waals surface area (Å²) in [5.41, 5.74) is 0. The highest BCUT2D eigenvalue weighted by Crippen LogP contribution is 2.30. The third-order valence-electron chi connectivity index (χ3n) is 6.77. The Bertz CT molecular complexity index is 451. The number of nitrogens with one attached hydrogen (secondary N) is 1. The zero-order valence-electron chi connectivity index (χ0n) is 16.0. The molecule has 25 heavy (non-hydrogen) atoms. The smallest absolute Gasteiger partial charge is 0.225 e. The lowest BCUT2D eigenvalue weighted by molar-refractivity contribution is -0.140. The molecule has 3 aliphatic rings. The molecule has 1 heterocycles. The molecule has 0 aromatic carbocycles. The number of rotatable bonds is 5. The van der Waals surface area contributed by atoms with Crippen LogP contribution in [0.3, 0.4) is 0 Å². The molecule has 0 aromatic heterocycles. The molecule has 0 bridgehead atoms. The van der Waals surface area contributed by atoms with Gasteiger partial charge < -0.3 is 10.2 Å². The molecule has 2 aliphatic carbocycles. The molecular weight excluding hydrogens is 312 g/mol. The van der Waals surface area contributed by atoms with Gasteiger partial charge >= 0.3 is 0 Å². The van der Waals surface area contributed by atoms with Gasteiger partial charge in [-0.1, -0.05) is 19.8 Å². The third-order valence-corrected chi connectivity index (χ3v) is 6.77. The van der Waals surface area contributed by atoms with Crippen molar-refractivity contribution in [3.63, 3.8) is 0 Å². The summed E-state index contributed by atoms with van der Waals surface area (Å²) in [6.45, 7) is 3.16. The molecule has 0 unspecified atom stereocenters. The van der Waals surface area contributed by atoms with E-state index in [2.05, 4.69) is 17.1 Å². The van der Waals surface area contributed by atoms with Gasteiger partial charge in [-0.3, -0.25) is 9.59 Å². The van der Waals surface area contributed by atoms with E-state index in [-0.39, 0.29) is 11.8 Å². The van der Waals surface area contributed by atoms with Crippen LogP contribution in [0, 0.1) is 11.8 Å². The van der Waals surface area contributed by atoms with Crippen LogP contribution in [-0.2, 0) is 9.59 Å². The molecule has 1 atom stereocenters. The van der Waals surface area contributed by atoms with Gasteiger partial charge in [-0.2, -0.15) is 0 Å². The summed E-state index contributed by atoms with van der Waals surface area (Å²) in [5.74, 6) is 1.43. The minimum atomic E-state index is 0.190. The second-order valence-corrected chi connectivity index (χ2v) is 8.56. The van der Waals surface area contributed by atoms with Crippen molar-refractivity contribution in [1.82, 2.24) is 10.2 Å². The van der Waals surface area contributed by atoms with E-state index in [1.807, 2.05) is 0 Å². The van der Waals surface area contributed by atoms with Gasteiger partial charge in [-0.25, -0.2) is 0 Å². The van der Waals surface area contributed by atoms with Gasteiger partial charge in [-0.15, -0.1) is 0 Å². The Kier molecular flexibility index (Phi) is 6.77. The van der Waals surface area contributed by atoms with Crippen LogP contribution in [0.5, 0.6) is 0 Å². The molecule has 3 rings (SSSR count). The lowest BCUT2D eigenvalue weighted by Crippen LogP contribution is -2.48. The Morgan fingerprint density at radius 3 is 2.28 bits per heavy atom. The maximum absolute atomic E-state index is 12.9. The maximum Gasteiger partial charge on any atom is 0.225 e. The van der Waals surface area contributed by atoms with E-state index in [1.54, 1.807) is 0 Å². The van der Waals surface area contributed by atoms with Crippen molar-refractivity contribution in [2.75, 3.05) is 6.54 Å². The third kappa shape index (κ3) is 4.98. The van der Waals surface area contributed by atoms with Gasteiger partial charge in [0.15, 0.2) is 0 Å². The summed E-state index contributed by atoms with van der Waals surface area (Å²) < 4.78 is 0. The Morgan fingerprint density at radius 2 is 1.60 bits per heavy atom. The van der Waals surface area contributed by atoms with Crippen molar-refractivity contribution in [3.05, 3.63) is 0 Å². The summed E-state index contributed by atoms with van der Waals surface area (Å²) in [5, 5.41) is 3.24. The number of carbonyl (C=O) groups excluding carboxylic acids is 2. The summed E-state index contributed by atoms with van der Waals surface area (Å²) in [7, 11) is 0. The van der Waals surface area contributed by atoms with Crippen LogP contribution in [0.2, 0.25) is 0 Å². The minimum Gasteiger partial charge on any atom is -0.353 e. The number of hydrogen-bond donors (Lipinski definition) is 1. The predicted molar refractivity (Wildman–Crippen MR) is 100 cm³/mol. The van der Waals surface area contributed by atoms with Crippen molar-refractivity contribution in [2.45, 2.75) is 102 Å². The van der Waals surface area contributed by atoms with E-state index < -0.39 is 0 Å². The molecule has 0 spiro atoms. The van der Waals surface area contributed by atoms with E-state index >= 15 is 0 Å². The Hall–Kier alpha value is -1.06. The fourth-order valence-electron chi connectivity index (χ4n) is 5.20. The number of likely N-dealkylation sites (tertiary alicyclic amines) is 1. The number of piperidine rings is 1. The second kappa shape index (κ2) is 9.05. The standard InChI is InChI=1S/C21H36N2O2/c1-2-19-9-5-6-14-23(19)21(25)17-10-12-18(13-11-17)22-20(24)15-16-7-3-4-8-16/h16-19H,2-15H2,1H3,(H,22,24)/t17?,18?,19-/m1/s1. The summed E-state index contributed by atoms with van der Waals surface area (Å²) in [4.78, 5) is 27.3. The second-order valence-electron chi connectivity index (χ2n) is 8.56. The van der Waals surface area contributed by atoms with Gasteiger partial charge in [-0.05, 0) is 70.1 Å². The monoisotopic (exact) mass is 348 g/mol. The van der Waals surface area contributed by atoms with Crippen LogP contribution < -0.4 is 5.32 Å². The highest BCUT2D eigenvalue weighted by atomic mass is 16.2. The van der Waals surface area contributed by atoms with Crippen LogP contribution >= 0.6 is 0 Å². The van der Waals surface area contributed by atoms with Gasteiger partial charge in [0.1, 0.15) is 0 Å². The van der Waals surface area contributed by atoms with Crippen molar-refractivity contribution >= 4 is 11.8 Å². The molecule has 2 saturated carbocycles. The molecule has 2 amide bonds. The summed E-state index contributed by atoms with van der Waals surface area (Å²) >= 11 is 0. The molecule has 142 valence electrons. The number of carbonyl (C=O) groups is 2. The van der Waals surface area contributed by atoms with Gasteiger partial charge in [0.25, 0.3) is 0 Å². The van der Waals surface area contributed by atoms with Crippen LogP contribution in [0.15, 0.2) is 0 Å². The Labute approximate surface area is 153 Å². The van der Waals surface area contributed by atoms with Crippen LogP contribution in [0.1, 0.15) is 90.4 Å². The quantitative estimate of drug-likeness (QED) is 0.815. The first-order valence-corrected chi connectivity index (χ1v) is 10.8. The lowest BCUT2D eigenvalue weighted by Gasteiger charge is -2.39. The van der Waals surface area contributed by atoms with E-state index in [0.717, 1.165) is 45.1 Å². The molecule has 3 fully saturated rings.